The van der Waals surface area contributed by atoms with Crippen LogP contribution in [-0.2, 0) is 10.0 Å². The number of benzene rings is 1. The van der Waals surface area contributed by atoms with Crippen LogP contribution in [0.4, 0.5) is 4.39 Å². The lowest BCUT2D eigenvalue weighted by molar-refractivity contribution is 0.0557. The second kappa shape index (κ2) is 8.56. The number of hydrogen-bond donors (Lipinski definition) is 1. The van der Waals surface area contributed by atoms with E-state index in [1.165, 1.54) is 16.4 Å². The van der Waals surface area contributed by atoms with Gasteiger partial charge in [0.1, 0.15) is 23.3 Å². The smallest absolute Gasteiger partial charge is 0.248 e. The zero-order valence-corrected chi connectivity index (χ0v) is 16.7. The number of aromatic nitrogens is 1. The highest BCUT2D eigenvalue weighted by atomic mass is 32.2. The molecule has 1 aromatic heterocycles. The number of hydrogen-bond acceptors (Lipinski definition) is 7. The monoisotopic (exact) mass is 413 g/mol. The highest BCUT2D eigenvalue weighted by Crippen LogP contribution is 2.24. The van der Waals surface area contributed by atoms with Crippen molar-refractivity contribution in [3.8, 4) is 5.75 Å². The van der Waals surface area contributed by atoms with Crippen LogP contribution in [-0.4, -0.2) is 73.3 Å². The lowest BCUT2D eigenvalue weighted by Gasteiger charge is -2.34. The quantitative estimate of drug-likeness (QED) is 0.728. The van der Waals surface area contributed by atoms with Crippen LogP contribution in [0.1, 0.15) is 11.5 Å². The van der Waals surface area contributed by atoms with Crippen molar-refractivity contribution in [3.63, 3.8) is 0 Å². The van der Waals surface area contributed by atoms with E-state index < -0.39 is 21.9 Å². The molecule has 0 amide bonds. The molecular weight excluding hydrogens is 389 g/mol. The number of sulfonamides is 1. The van der Waals surface area contributed by atoms with Crippen molar-refractivity contribution < 1.29 is 27.2 Å². The summed E-state index contributed by atoms with van der Waals surface area (Å²) in [5, 5.41) is 13.9. The van der Waals surface area contributed by atoms with Crippen molar-refractivity contribution in [1.29, 1.82) is 0 Å². The lowest BCUT2D eigenvalue weighted by Crippen LogP contribution is -2.50. The zero-order valence-electron chi connectivity index (χ0n) is 15.8. The summed E-state index contributed by atoms with van der Waals surface area (Å²) >= 11 is 0. The molecule has 1 unspecified atom stereocenters. The number of aryl methyl sites for hydroxylation is 2. The molecule has 1 atom stereocenters. The summed E-state index contributed by atoms with van der Waals surface area (Å²) in [6.07, 6.45) is -0.815. The minimum absolute atomic E-state index is 0.0431. The van der Waals surface area contributed by atoms with Gasteiger partial charge in [0.05, 0.1) is 0 Å². The van der Waals surface area contributed by atoms with Crippen molar-refractivity contribution in [2.24, 2.45) is 0 Å². The van der Waals surface area contributed by atoms with Crippen LogP contribution in [0.5, 0.6) is 5.75 Å². The number of halogens is 1. The summed E-state index contributed by atoms with van der Waals surface area (Å²) < 4.78 is 50.9. The molecule has 8 nitrogen and oxygen atoms in total. The van der Waals surface area contributed by atoms with Crippen molar-refractivity contribution in [3.05, 3.63) is 41.5 Å². The van der Waals surface area contributed by atoms with Crippen molar-refractivity contribution in [2.75, 3.05) is 39.3 Å². The van der Waals surface area contributed by atoms with Crippen molar-refractivity contribution in [1.82, 2.24) is 14.4 Å². The molecule has 1 fully saturated rings. The molecule has 0 aliphatic carbocycles. The fourth-order valence-corrected chi connectivity index (χ4v) is 4.94. The third kappa shape index (κ3) is 4.52. The average Bonchev–Trinajstić information content (AvgIpc) is 3.00. The Labute approximate surface area is 163 Å². The van der Waals surface area contributed by atoms with Crippen LogP contribution in [0.2, 0.25) is 0 Å². The van der Waals surface area contributed by atoms with E-state index in [2.05, 4.69) is 5.16 Å². The Morgan fingerprint density at radius 3 is 2.54 bits per heavy atom. The maximum absolute atomic E-state index is 13.5. The van der Waals surface area contributed by atoms with Gasteiger partial charge in [-0.1, -0.05) is 17.3 Å². The third-order valence-corrected chi connectivity index (χ3v) is 6.78. The number of nitrogens with zero attached hydrogens (tertiary/aromatic N) is 3. The van der Waals surface area contributed by atoms with E-state index in [4.69, 9.17) is 9.26 Å². The van der Waals surface area contributed by atoms with Crippen LogP contribution in [0.25, 0.3) is 0 Å². The van der Waals surface area contributed by atoms with Gasteiger partial charge < -0.3 is 14.4 Å². The Morgan fingerprint density at radius 1 is 1.25 bits per heavy atom. The number of rotatable bonds is 7. The highest BCUT2D eigenvalue weighted by molar-refractivity contribution is 7.89. The average molecular weight is 413 g/mol. The molecule has 10 heteroatoms. The largest absolute Gasteiger partial charge is 0.488 e. The van der Waals surface area contributed by atoms with Crippen LogP contribution < -0.4 is 4.74 Å². The number of piperazine rings is 1. The van der Waals surface area contributed by atoms with Crippen LogP contribution in [0.15, 0.2) is 33.7 Å². The first-order chi connectivity index (χ1) is 13.3. The first-order valence-corrected chi connectivity index (χ1v) is 10.4. The normalized spacial score (nSPS) is 17.6. The number of ether oxygens (including phenoxy) is 1. The Kier molecular flexibility index (Phi) is 6.33. The van der Waals surface area contributed by atoms with E-state index in [1.807, 2.05) is 4.90 Å². The summed E-state index contributed by atoms with van der Waals surface area (Å²) in [4.78, 5) is 2.08. The zero-order chi connectivity index (χ0) is 20.3. The Balaban J connectivity index is 1.51. The van der Waals surface area contributed by atoms with Crippen molar-refractivity contribution >= 4 is 10.0 Å². The molecule has 0 saturated carbocycles. The Bertz CT molecular complexity index is 890. The van der Waals surface area contributed by atoms with Gasteiger partial charge in [0.15, 0.2) is 17.3 Å². The van der Waals surface area contributed by atoms with Crippen LogP contribution in [0, 0.1) is 19.7 Å². The summed E-state index contributed by atoms with van der Waals surface area (Å²) in [5.74, 6) is -0.106. The second-order valence-corrected chi connectivity index (χ2v) is 8.63. The first kappa shape index (κ1) is 20.7. The van der Waals surface area contributed by atoms with Gasteiger partial charge in [-0.05, 0) is 26.0 Å². The van der Waals surface area contributed by atoms with Gasteiger partial charge in [0.2, 0.25) is 10.0 Å². The van der Waals surface area contributed by atoms with Crippen molar-refractivity contribution in [2.45, 2.75) is 24.8 Å². The van der Waals surface area contributed by atoms with E-state index in [0.717, 1.165) is 0 Å². The fraction of sp³-hybridized carbons (Fsp3) is 0.500. The SMILES string of the molecule is Cc1noc(C)c1S(=O)(=O)N1CCN(CC(O)COc2ccccc2F)CC1. The first-order valence-electron chi connectivity index (χ1n) is 9.00. The second-order valence-electron chi connectivity index (χ2n) is 6.75. The molecule has 154 valence electrons. The Morgan fingerprint density at radius 2 is 1.93 bits per heavy atom. The molecule has 1 aliphatic rings. The van der Waals surface area contributed by atoms with Gasteiger partial charge >= 0.3 is 0 Å². The third-order valence-electron chi connectivity index (χ3n) is 4.63. The number of aliphatic hydroxyl groups is 1. The van der Waals surface area contributed by atoms with Gasteiger partial charge in [-0.3, -0.25) is 4.90 Å². The van der Waals surface area contributed by atoms with Gasteiger partial charge in [-0.15, -0.1) is 0 Å². The van der Waals surface area contributed by atoms with Gasteiger partial charge in [0, 0.05) is 32.7 Å². The van der Waals surface area contributed by atoms with E-state index in [0.29, 0.717) is 38.4 Å². The molecule has 0 radical (unpaired) electrons. The highest BCUT2D eigenvalue weighted by Gasteiger charge is 2.33. The Hall–Kier alpha value is -2.01. The molecule has 1 N–H and O–H groups in total. The van der Waals surface area contributed by atoms with E-state index in [9.17, 15) is 17.9 Å². The van der Waals surface area contributed by atoms with Gasteiger partial charge in [0.25, 0.3) is 0 Å². The molecule has 2 heterocycles. The van der Waals surface area contributed by atoms with Gasteiger partial charge in [-0.25, -0.2) is 12.8 Å². The van der Waals surface area contributed by atoms with Gasteiger partial charge in [-0.2, -0.15) is 4.31 Å². The number of β-amino-alcohol motifs (C(OH)–C–C–N with tert-alkyl or cyclic N) is 1. The number of para-hydroxylation sites is 1. The summed E-state index contributed by atoms with van der Waals surface area (Å²) in [5.41, 5.74) is 0.348. The molecule has 0 spiro atoms. The lowest BCUT2D eigenvalue weighted by atomic mass is 10.3. The van der Waals surface area contributed by atoms with E-state index >= 15 is 0 Å². The molecular formula is C18H24FN3O5S. The topological polar surface area (TPSA) is 96.1 Å². The fourth-order valence-electron chi connectivity index (χ4n) is 3.22. The minimum atomic E-state index is -3.66. The maximum atomic E-state index is 13.5. The maximum Gasteiger partial charge on any atom is 0.248 e. The molecule has 2 aromatic rings. The molecule has 1 aliphatic heterocycles. The molecule has 1 aromatic carbocycles. The molecule has 1 saturated heterocycles. The predicted molar refractivity (Wildman–Crippen MR) is 99.1 cm³/mol. The molecule has 28 heavy (non-hydrogen) atoms. The summed E-state index contributed by atoms with van der Waals surface area (Å²) in [6.45, 7) is 4.99. The standard InChI is InChI=1S/C18H24FN3O5S/c1-13-18(14(2)27-20-13)28(24,25)22-9-7-21(8-10-22)11-15(23)12-26-17-6-4-3-5-16(17)19/h3-6,15,23H,7-12H2,1-2H3. The molecule has 0 bridgehead atoms. The van der Waals surface area contributed by atoms with Crippen LogP contribution >= 0.6 is 0 Å². The number of aliphatic hydroxyl groups excluding tert-OH is 1. The van der Waals surface area contributed by atoms with E-state index in [1.54, 1.807) is 26.0 Å². The van der Waals surface area contributed by atoms with Crippen LogP contribution in [0.3, 0.4) is 0 Å². The van der Waals surface area contributed by atoms with E-state index in [-0.39, 0.29) is 23.0 Å². The summed E-state index contributed by atoms with van der Waals surface area (Å²) in [6, 6.07) is 6.01. The summed E-state index contributed by atoms with van der Waals surface area (Å²) in [7, 11) is -3.66. The predicted octanol–water partition coefficient (Wildman–Crippen LogP) is 1.18. The molecule has 3 rings (SSSR count). The minimum Gasteiger partial charge on any atom is -0.488 e.